The third-order valence-corrected chi connectivity index (χ3v) is 2.83. The molecule has 0 unspecified atom stereocenters. The summed E-state index contributed by atoms with van der Waals surface area (Å²) in [5.74, 6) is 2.13. The van der Waals surface area contributed by atoms with Crippen molar-refractivity contribution in [1.29, 1.82) is 0 Å². The Bertz CT molecular complexity index is 165. The molecule has 0 aliphatic carbocycles. The van der Waals surface area contributed by atoms with Gasteiger partial charge in [0, 0.05) is 12.3 Å². The minimum atomic E-state index is -0.104. The maximum atomic E-state index is 11.3. The summed E-state index contributed by atoms with van der Waals surface area (Å²) in [6.07, 6.45) is 1.08. The van der Waals surface area contributed by atoms with E-state index in [1.165, 1.54) is 0 Å². The second kappa shape index (κ2) is 10.3. The number of carbonyl (C=O) groups excluding carboxylic acids is 1. The molecule has 0 aromatic carbocycles. The predicted octanol–water partition coefficient (Wildman–Crippen LogP) is 2.01. The summed E-state index contributed by atoms with van der Waals surface area (Å²) in [5, 5.41) is 0. The molecule has 0 aliphatic rings. The highest BCUT2D eigenvalue weighted by molar-refractivity contribution is 7.99. The molecule has 0 aliphatic heterocycles. The number of esters is 1. The average Bonchev–Trinajstić information content (AvgIpc) is 2.18. The molecular formula is C11H23NO2S. The molecule has 15 heavy (non-hydrogen) atoms. The first-order valence-electron chi connectivity index (χ1n) is 5.70. The van der Waals surface area contributed by atoms with Gasteiger partial charge in [-0.05, 0) is 25.6 Å². The largest absolute Gasteiger partial charge is 0.465 e. The van der Waals surface area contributed by atoms with E-state index in [0.717, 1.165) is 31.0 Å². The smallest absolute Gasteiger partial charge is 0.320 e. The summed E-state index contributed by atoms with van der Waals surface area (Å²) < 4.78 is 4.94. The van der Waals surface area contributed by atoms with Crippen molar-refractivity contribution < 1.29 is 9.53 Å². The maximum Gasteiger partial charge on any atom is 0.320 e. The predicted molar refractivity (Wildman–Crippen MR) is 66.4 cm³/mol. The Morgan fingerprint density at radius 1 is 1.27 bits per heavy atom. The minimum absolute atomic E-state index is 0.104. The quantitative estimate of drug-likeness (QED) is 0.450. The van der Waals surface area contributed by atoms with Gasteiger partial charge in [-0.25, -0.2) is 0 Å². The number of nitrogens with zero attached hydrogens (tertiary/aromatic N) is 1. The number of hydrogen-bond acceptors (Lipinski definition) is 4. The highest BCUT2D eigenvalue weighted by Gasteiger charge is 2.09. The Labute approximate surface area is 97.5 Å². The Morgan fingerprint density at radius 2 is 2.00 bits per heavy atom. The first kappa shape index (κ1) is 14.8. The van der Waals surface area contributed by atoms with Crippen molar-refractivity contribution in [3.63, 3.8) is 0 Å². The normalized spacial score (nSPS) is 10.7. The van der Waals surface area contributed by atoms with Crippen LogP contribution in [0.4, 0.5) is 0 Å². The third kappa shape index (κ3) is 8.75. The van der Waals surface area contributed by atoms with Crippen molar-refractivity contribution in [1.82, 2.24) is 4.90 Å². The van der Waals surface area contributed by atoms with Crippen molar-refractivity contribution >= 4 is 17.7 Å². The lowest BCUT2D eigenvalue weighted by molar-refractivity contribution is -0.144. The summed E-state index contributed by atoms with van der Waals surface area (Å²) in [4.78, 5) is 13.5. The number of carbonyl (C=O) groups is 1. The summed E-state index contributed by atoms with van der Waals surface area (Å²) in [7, 11) is 0. The zero-order valence-corrected chi connectivity index (χ0v) is 10.9. The highest BCUT2D eigenvalue weighted by atomic mass is 32.2. The van der Waals surface area contributed by atoms with Gasteiger partial charge in [0.05, 0.1) is 13.2 Å². The molecule has 0 aromatic rings. The van der Waals surface area contributed by atoms with Gasteiger partial charge in [0.1, 0.15) is 0 Å². The van der Waals surface area contributed by atoms with Crippen LogP contribution in [0.15, 0.2) is 0 Å². The Kier molecular flexibility index (Phi) is 10.2. The second-order valence-electron chi connectivity index (χ2n) is 3.28. The van der Waals surface area contributed by atoms with Crippen LogP contribution in [0.2, 0.25) is 0 Å². The number of ether oxygens (including phenoxy) is 1. The molecule has 3 nitrogen and oxygen atoms in total. The Morgan fingerprint density at radius 3 is 2.53 bits per heavy atom. The lowest BCUT2D eigenvalue weighted by atomic mass is 10.4. The van der Waals surface area contributed by atoms with Crippen LogP contribution in [0.5, 0.6) is 0 Å². The molecule has 4 heteroatoms. The first-order valence-corrected chi connectivity index (χ1v) is 6.85. The standard InChI is InChI=1S/C11H23NO2S/c1-4-7-12(8-9-15-6-3)10-11(13)14-5-2/h4-10H2,1-3H3. The van der Waals surface area contributed by atoms with Gasteiger partial charge in [-0.3, -0.25) is 9.69 Å². The highest BCUT2D eigenvalue weighted by Crippen LogP contribution is 2.01. The third-order valence-electron chi connectivity index (χ3n) is 1.95. The first-order chi connectivity index (χ1) is 7.24. The Hall–Kier alpha value is -0.220. The average molecular weight is 233 g/mol. The van der Waals surface area contributed by atoms with Crippen LogP contribution in [0, 0.1) is 0 Å². The summed E-state index contributed by atoms with van der Waals surface area (Å²) in [6, 6.07) is 0. The van der Waals surface area contributed by atoms with Crippen molar-refractivity contribution in [2.24, 2.45) is 0 Å². The molecule has 0 aromatic heterocycles. The van der Waals surface area contributed by atoms with E-state index in [-0.39, 0.29) is 5.97 Å². The molecular weight excluding hydrogens is 210 g/mol. The molecule has 0 radical (unpaired) electrons. The minimum Gasteiger partial charge on any atom is -0.465 e. The van der Waals surface area contributed by atoms with Gasteiger partial charge in [-0.1, -0.05) is 13.8 Å². The summed E-state index contributed by atoms with van der Waals surface area (Å²) in [5.41, 5.74) is 0. The number of hydrogen-bond donors (Lipinski definition) is 0. The molecule has 0 fully saturated rings. The van der Waals surface area contributed by atoms with E-state index in [1.54, 1.807) is 0 Å². The molecule has 0 rings (SSSR count). The van der Waals surface area contributed by atoms with Crippen LogP contribution in [0.3, 0.4) is 0 Å². The van der Waals surface area contributed by atoms with E-state index in [4.69, 9.17) is 4.74 Å². The van der Waals surface area contributed by atoms with E-state index < -0.39 is 0 Å². The van der Waals surface area contributed by atoms with Gasteiger partial charge in [-0.15, -0.1) is 0 Å². The lowest BCUT2D eigenvalue weighted by Crippen LogP contribution is -2.33. The molecule has 0 bridgehead atoms. The van der Waals surface area contributed by atoms with Gasteiger partial charge in [0.2, 0.25) is 0 Å². The molecule has 0 heterocycles. The van der Waals surface area contributed by atoms with Gasteiger partial charge in [0.15, 0.2) is 0 Å². The van der Waals surface area contributed by atoms with Gasteiger partial charge >= 0.3 is 5.97 Å². The fourth-order valence-corrected chi connectivity index (χ4v) is 1.99. The maximum absolute atomic E-state index is 11.3. The van der Waals surface area contributed by atoms with Crippen LogP contribution < -0.4 is 0 Å². The van der Waals surface area contributed by atoms with Crippen LogP contribution >= 0.6 is 11.8 Å². The number of rotatable bonds is 9. The van der Waals surface area contributed by atoms with E-state index in [9.17, 15) is 4.79 Å². The van der Waals surface area contributed by atoms with Crippen LogP contribution in [-0.2, 0) is 9.53 Å². The SMILES string of the molecule is CCCN(CCSCC)CC(=O)OCC. The fourth-order valence-electron chi connectivity index (χ4n) is 1.31. The molecule has 0 saturated heterocycles. The summed E-state index contributed by atoms with van der Waals surface area (Å²) in [6.45, 7) is 8.99. The Balaban J connectivity index is 3.75. The lowest BCUT2D eigenvalue weighted by Gasteiger charge is -2.19. The van der Waals surface area contributed by atoms with E-state index in [0.29, 0.717) is 13.2 Å². The van der Waals surface area contributed by atoms with Crippen LogP contribution in [0.1, 0.15) is 27.2 Å². The number of thioether (sulfide) groups is 1. The zero-order chi connectivity index (χ0) is 11.5. The molecule has 0 N–H and O–H groups in total. The van der Waals surface area contributed by atoms with Crippen LogP contribution in [0.25, 0.3) is 0 Å². The molecule has 0 spiro atoms. The van der Waals surface area contributed by atoms with Crippen molar-refractivity contribution in [3.8, 4) is 0 Å². The molecule has 90 valence electrons. The van der Waals surface area contributed by atoms with E-state index in [2.05, 4.69) is 18.7 Å². The van der Waals surface area contributed by atoms with Gasteiger partial charge in [-0.2, -0.15) is 11.8 Å². The van der Waals surface area contributed by atoms with Gasteiger partial charge in [0.25, 0.3) is 0 Å². The molecule has 0 amide bonds. The topological polar surface area (TPSA) is 29.5 Å². The monoisotopic (exact) mass is 233 g/mol. The second-order valence-corrected chi connectivity index (χ2v) is 4.67. The van der Waals surface area contributed by atoms with Crippen LogP contribution in [-0.4, -0.2) is 48.6 Å². The van der Waals surface area contributed by atoms with E-state index >= 15 is 0 Å². The molecule has 0 saturated carbocycles. The van der Waals surface area contributed by atoms with Crippen molar-refractivity contribution in [2.75, 3.05) is 37.7 Å². The van der Waals surface area contributed by atoms with Crippen molar-refractivity contribution in [2.45, 2.75) is 27.2 Å². The van der Waals surface area contributed by atoms with E-state index in [1.807, 2.05) is 18.7 Å². The zero-order valence-electron chi connectivity index (χ0n) is 10.1. The van der Waals surface area contributed by atoms with Crippen molar-refractivity contribution in [3.05, 3.63) is 0 Å². The van der Waals surface area contributed by atoms with Gasteiger partial charge < -0.3 is 4.74 Å². The fraction of sp³-hybridized carbons (Fsp3) is 0.909. The molecule has 0 atom stereocenters. The summed E-state index contributed by atoms with van der Waals surface area (Å²) >= 11 is 1.91.